The SMILES string of the molecule is Cc1sc2nc(CN3CCN(c4ncccn4)CC3)nc(N)c2c1C. The fraction of sp³-hybridized carbons (Fsp3) is 0.412. The van der Waals surface area contributed by atoms with Crippen LogP contribution in [0.5, 0.6) is 0 Å². The van der Waals surface area contributed by atoms with E-state index >= 15 is 0 Å². The monoisotopic (exact) mass is 355 g/mol. The molecule has 0 unspecified atom stereocenters. The van der Waals surface area contributed by atoms with Crippen molar-refractivity contribution in [3.63, 3.8) is 0 Å². The van der Waals surface area contributed by atoms with Crippen LogP contribution in [0.15, 0.2) is 18.5 Å². The molecule has 1 saturated heterocycles. The topological polar surface area (TPSA) is 84.1 Å². The third-order valence-electron chi connectivity index (χ3n) is 4.68. The first kappa shape index (κ1) is 16.2. The Kier molecular flexibility index (Phi) is 4.22. The van der Waals surface area contributed by atoms with Crippen LogP contribution < -0.4 is 10.6 Å². The quantitative estimate of drug-likeness (QED) is 0.769. The van der Waals surface area contributed by atoms with E-state index in [2.05, 4.69) is 38.6 Å². The zero-order valence-electron chi connectivity index (χ0n) is 14.4. The summed E-state index contributed by atoms with van der Waals surface area (Å²) >= 11 is 1.69. The molecular formula is C17H21N7S. The molecule has 0 radical (unpaired) electrons. The van der Waals surface area contributed by atoms with Gasteiger partial charge in [-0.25, -0.2) is 19.9 Å². The van der Waals surface area contributed by atoms with Gasteiger partial charge < -0.3 is 10.6 Å². The highest BCUT2D eigenvalue weighted by atomic mass is 32.1. The Hall–Kier alpha value is -2.32. The lowest BCUT2D eigenvalue weighted by Crippen LogP contribution is -2.46. The average Bonchev–Trinajstić information content (AvgIpc) is 2.91. The number of hydrogen-bond donors (Lipinski definition) is 1. The predicted molar refractivity (Wildman–Crippen MR) is 101 cm³/mol. The van der Waals surface area contributed by atoms with Gasteiger partial charge in [-0.2, -0.15) is 0 Å². The average molecular weight is 355 g/mol. The van der Waals surface area contributed by atoms with Gasteiger partial charge in [0.2, 0.25) is 5.95 Å². The number of fused-ring (bicyclic) bond motifs is 1. The Morgan fingerprint density at radius 2 is 1.80 bits per heavy atom. The zero-order chi connectivity index (χ0) is 17.4. The molecular weight excluding hydrogens is 334 g/mol. The standard InChI is InChI=1S/C17H21N7S/c1-11-12(2)25-16-14(11)15(18)21-13(22-16)10-23-6-8-24(9-7-23)17-19-4-3-5-20-17/h3-5H,6-10H2,1-2H3,(H2,18,21,22). The molecule has 4 heterocycles. The molecule has 7 nitrogen and oxygen atoms in total. The molecule has 0 aromatic carbocycles. The minimum absolute atomic E-state index is 0.596. The molecule has 0 atom stereocenters. The summed E-state index contributed by atoms with van der Waals surface area (Å²) in [6, 6.07) is 1.84. The maximum Gasteiger partial charge on any atom is 0.225 e. The van der Waals surface area contributed by atoms with E-state index in [1.165, 1.54) is 10.4 Å². The highest BCUT2D eigenvalue weighted by Gasteiger charge is 2.20. The van der Waals surface area contributed by atoms with Crippen molar-refractivity contribution in [3.8, 4) is 0 Å². The van der Waals surface area contributed by atoms with Crippen molar-refractivity contribution >= 4 is 33.3 Å². The summed E-state index contributed by atoms with van der Waals surface area (Å²) < 4.78 is 0. The molecule has 0 bridgehead atoms. The van der Waals surface area contributed by atoms with Gasteiger partial charge in [0.25, 0.3) is 0 Å². The van der Waals surface area contributed by atoms with E-state index in [0.29, 0.717) is 5.82 Å². The van der Waals surface area contributed by atoms with E-state index in [1.807, 2.05) is 6.07 Å². The second-order valence-corrected chi connectivity index (χ2v) is 7.50. The van der Waals surface area contributed by atoms with E-state index < -0.39 is 0 Å². The van der Waals surface area contributed by atoms with Gasteiger partial charge in [-0.1, -0.05) is 0 Å². The Morgan fingerprint density at radius 1 is 1.08 bits per heavy atom. The molecule has 8 heteroatoms. The number of anilines is 2. The van der Waals surface area contributed by atoms with E-state index in [-0.39, 0.29) is 0 Å². The molecule has 1 aliphatic heterocycles. The second-order valence-electron chi connectivity index (χ2n) is 6.30. The predicted octanol–water partition coefficient (Wildman–Crippen LogP) is 2.00. The maximum absolute atomic E-state index is 6.19. The number of nitrogens with zero attached hydrogens (tertiary/aromatic N) is 6. The lowest BCUT2D eigenvalue weighted by molar-refractivity contribution is 0.243. The van der Waals surface area contributed by atoms with Gasteiger partial charge >= 0.3 is 0 Å². The minimum Gasteiger partial charge on any atom is -0.383 e. The number of aromatic nitrogens is 4. The van der Waals surface area contributed by atoms with Crippen LogP contribution in [0, 0.1) is 13.8 Å². The highest BCUT2D eigenvalue weighted by molar-refractivity contribution is 7.18. The van der Waals surface area contributed by atoms with E-state index in [4.69, 9.17) is 10.7 Å². The molecule has 1 aliphatic rings. The Balaban J connectivity index is 1.46. The Labute approximate surface area is 150 Å². The minimum atomic E-state index is 0.596. The van der Waals surface area contributed by atoms with Crippen LogP contribution in [0.4, 0.5) is 11.8 Å². The maximum atomic E-state index is 6.19. The molecule has 0 amide bonds. The molecule has 25 heavy (non-hydrogen) atoms. The first-order valence-electron chi connectivity index (χ1n) is 8.38. The molecule has 130 valence electrons. The molecule has 2 N–H and O–H groups in total. The summed E-state index contributed by atoms with van der Waals surface area (Å²) in [6.07, 6.45) is 3.57. The molecule has 1 fully saturated rings. The summed E-state index contributed by atoms with van der Waals surface area (Å²) in [4.78, 5) is 24.7. The number of rotatable bonds is 3. The van der Waals surface area contributed by atoms with Crippen molar-refractivity contribution in [2.45, 2.75) is 20.4 Å². The highest BCUT2D eigenvalue weighted by Crippen LogP contribution is 2.32. The third-order valence-corrected chi connectivity index (χ3v) is 5.78. The first-order valence-corrected chi connectivity index (χ1v) is 9.20. The third kappa shape index (κ3) is 3.14. The van der Waals surface area contributed by atoms with Gasteiger partial charge in [-0.15, -0.1) is 11.3 Å². The largest absolute Gasteiger partial charge is 0.383 e. The lowest BCUT2D eigenvalue weighted by Gasteiger charge is -2.34. The fourth-order valence-electron chi connectivity index (χ4n) is 3.16. The van der Waals surface area contributed by atoms with Gasteiger partial charge in [0.15, 0.2) is 0 Å². The van der Waals surface area contributed by atoms with Gasteiger partial charge in [0.1, 0.15) is 16.5 Å². The number of piperazine rings is 1. The summed E-state index contributed by atoms with van der Waals surface area (Å²) in [5, 5.41) is 1.01. The van der Waals surface area contributed by atoms with Crippen molar-refractivity contribution in [1.82, 2.24) is 24.8 Å². The number of hydrogen-bond acceptors (Lipinski definition) is 8. The molecule has 0 saturated carbocycles. The van der Waals surface area contributed by atoms with Crippen molar-refractivity contribution in [3.05, 3.63) is 34.7 Å². The van der Waals surface area contributed by atoms with Gasteiger partial charge in [0.05, 0.1) is 11.9 Å². The molecule has 4 rings (SSSR count). The van der Waals surface area contributed by atoms with Crippen LogP contribution in [0.1, 0.15) is 16.3 Å². The number of nitrogen functional groups attached to an aromatic ring is 1. The second kappa shape index (κ2) is 6.53. The number of aryl methyl sites for hydroxylation is 2. The Morgan fingerprint density at radius 3 is 2.52 bits per heavy atom. The van der Waals surface area contributed by atoms with Crippen LogP contribution in [0.3, 0.4) is 0 Å². The smallest absolute Gasteiger partial charge is 0.225 e. The van der Waals surface area contributed by atoms with Gasteiger partial charge in [-0.05, 0) is 25.5 Å². The summed E-state index contributed by atoms with van der Waals surface area (Å²) in [5.74, 6) is 2.20. The molecule has 3 aromatic heterocycles. The Bertz CT molecular complexity index is 885. The van der Waals surface area contributed by atoms with Crippen LogP contribution in [-0.2, 0) is 6.54 Å². The van der Waals surface area contributed by atoms with Crippen molar-refractivity contribution in [1.29, 1.82) is 0 Å². The summed E-state index contributed by atoms with van der Waals surface area (Å²) in [5.41, 5.74) is 7.38. The zero-order valence-corrected chi connectivity index (χ0v) is 15.3. The molecule has 0 spiro atoms. The lowest BCUT2D eigenvalue weighted by atomic mass is 10.2. The van der Waals surface area contributed by atoms with Crippen LogP contribution in [0.25, 0.3) is 10.2 Å². The van der Waals surface area contributed by atoms with E-state index in [9.17, 15) is 0 Å². The normalized spacial score (nSPS) is 15.8. The van der Waals surface area contributed by atoms with Crippen molar-refractivity contribution in [2.24, 2.45) is 0 Å². The van der Waals surface area contributed by atoms with Crippen LogP contribution in [0.2, 0.25) is 0 Å². The van der Waals surface area contributed by atoms with Crippen LogP contribution in [-0.4, -0.2) is 51.0 Å². The number of nitrogens with two attached hydrogens (primary N) is 1. The van der Waals surface area contributed by atoms with E-state index in [1.54, 1.807) is 23.7 Å². The van der Waals surface area contributed by atoms with Crippen molar-refractivity contribution in [2.75, 3.05) is 36.8 Å². The van der Waals surface area contributed by atoms with Gasteiger partial charge in [-0.3, -0.25) is 4.90 Å². The summed E-state index contributed by atoms with van der Waals surface area (Å²) in [7, 11) is 0. The van der Waals surface area contributed by atoms with E-state index in [0.717, 1.165) is 54.7 Å². The fourth-order valence-corrected chi connectivity index (χ4v) is 4.21. The molecule has 0 aliphatic carbocycles. The molecule has 3 aromatic rings. The van der Waals surface area contributed by atoms with Crippen molar-refractivity contribution < 1.29 is 0 Å². The van der Waals surface area contributed by atoms with Crippen LogP contribution >= 0.6 is 11.3 Å². The number of thiophene rings is 1. The first-order chi connectivity index (χ1) is 12.1. The van der Waals surface area contributed by atoms with Gasteiger partial charge in [0, 0.05) is 43.4 Å². The summed E-state index contributed by atoms with van der Waals surface area (Å²) in [6.45, 7) is 8.58.